The molecule has 0 saturated carbocycles. The molecule has 6 heteroatoms. The molecule has 1 aromatic heterocycles. The summed E-state index contributed by atoms with van der Waals surface area (Å²) in [5.41, 5.74) is 0.744. The Morgan fingerprint density at radius 3 is 2.82 bits per heavy atom. The lowest BCUT2D eigenvalue weighted by Crippen LogP contribution is -2.50. The number of thioether (sulfide) groups is 1. The number of morpholine rings is 1. The van der Waals surface area contributed by atoms with Crippen molar-refractivity contribution in [2.75, 3.05) is 50.9 Å². The van der Waals surface area contributed by atoms with Crippen LogP contribution in [0.1, 0.15) is 16.8 Å². The molecule has 0 spiro atoms. The van der Waals surface area contributed by atoms with Crippen molar-refractivity contribution >= 4 is 17.7 Å². The molecule has 22 heavy (non-hydrogen) atoms. The van der Waals surface area contributed by atoms with E-state index in [1.54, 1.807) is 12.4 Å². The fourth-order valence-corrected chi connectivity index (χ4v) is 4.05. The van der Waals surface area contributed by atoms with Gasteiger partial charge in [0.25, 0.3) is 5.91 Å². The van der Waals surface area contributed by atoms with Crippen LogP contribution in [-0.2, 0) is 4.74 Å². The lowest BCUT2D eigenvalue weighted by molar-refractivity contribution is 0.0245. The van der Waals surface area contributed by atoms with E-state index in [9.17, 15) is 4.79 Å². The first-order valence-corrected chi connectivity index (χ1v) is 9.09. The Morgan fingerprint density at radius 2 is 2.05 bits per heavy atom. The number of ether oxygens (including phenoxy) is 1. The molecule has 3 heterocycles. The number of aromatic nitrogens is 1. The molecule has 0 N–H and O–H groups in total. The fraction of sp³-hybridized carbons (Fsp3) is 0.625. The Morgan fingerprint density at radius 1 is 1.27 bits per heavy atom. The molecular weight excluding hydrogens is 298 g/mol. The second-order valence-corrected chi connectivity index (χ2v) is 6.88. The highest BCUT2D eigenvalue weighted by molar-refractivity contribution is 7.99. The van der Waals surface area contributed by atoms with Crippen LogP contribution in [0.3, 0.4) is 0 Å². The number of carbonyl (C=O) groups is 1. The van der Waals surface area contributed by atoms with Crippen LogP contribution in [-0.4, -0.2) is 77.6 Å². The first kappa shape index (κ1) is 15.8. The van der Waals surface area contributed by atoms with Gasteiger partial charge in [-0.05, 0) is 24.3 Å². The van der Waals surface area contributed by atoms with Crippen LogP contribution in [0.5, 0.6) is 0 Å². The summed E-state index contributed by atoms with van der Waals surface area (Å²) in [6, 6.07) is 3.91. The van der Waals surface area contributed by atoms with Gasteiger partial charge in [-0.3, -0.25) is 14.7 Å². The van der Waals surface area contributed by atoms with E-state index in [1.807, 2.05) is 23.9 Å². The summed E-state index contributed by atoms with van der Waals surface area (Å²) in [6.45, 7) is 5.35. The van der Waals surface area contributed by atoms with E-state index in [4.69, 9.17) is 4.74 Å². The third-order valence-electron chi connectivity index (χ3n) is 4.20. The molecule has 2 aliphatic rings. The number of hydrogen-bond donors (Lipinski definition) is 0. The summed E-state index contributed by atoms with van der Waals surface area (Å²) in [7, 11) is 0. The Labute approximate surface area is 136 Å². The predicted molar refractivity (Wildman–Crippen MR) is 88.3 cm³/mol. The maximum absolute atomic E-state index is 12.9. The number of nitrogens with zero attached hydrogens (tertiary/aromatic N) is 3. The summed E-state index contributed by atoms with van der Waals surface area (Å²) in [4.78, 5) is 21.4. The van der Waals surface area contributed by atoms with Crippen LogP contribution in [0.25, 0.3) is 0 Å². The first-order valence-electron chi connectivity index (χ1n) is 7.93. The zero-order valence-electron chi connectivity index (χ0n) is 12.8. The highest BCUT2D eigenvalue weighted by Gasteiger charge is 2.28. The van der Waals surface area contributed by atoms with Crippen molar-refractivity contribution in [2.24, 2.45) is 0 Å². The third kappa shape index (κ3) is 4.00. The van der Waals surface area contributed by atoms with Gasteiger partial charge < -0.3 is 9.64 Å². The third-order valence-corrected chi connectivity index (χ3v) is 5.40. The topological polar surface area (TPSA) is 45.7 Å². The lowest BCUT2D eigenvalue weighted by Gasteiger charge is -2.35. The minimum absolute atomic E-state index is 0.142. The van der Waals surface area contributed by atoms with Crippen LogP contribution < -0.4 is 0 Å². The number of amides is 1. The van der Waals surface area contributed by atoms with E-state index in [1.165, 1.54) is 0 Å². The number of hydrogen-bond acceptors (Lipinski definition) is 5. The second-order valence-electron chi connectivity index (χ2n) is 5.73. The average molecular weight is 321 g/mol. The molecule has 120 valence electrons. The van der Waals surface area contributed by atoms with Crippen LogP contribution in [0.2, 0.25) is 0 Å². The molecule has 0 bridgehead atoms. The van der Waals surface area contributed by atoms with Crippen molar-refractivity contribution in [1.82, 2.24) is 14.8 Å². The lowest BCUT2D eigenvalue weighted by atomic mass is 10.1. The monoisotopic (exact) mass is 321 g/mol. The fourth-order valence-electron chi connectivity index (χ4n) is 2.99. The minimum atomic E-state index is 0.142. The van der Waals surface area contributed by atoms with Gasteiger partial charge in [0.15, 0.2) is 0 Å². The molecule has 1 atom stereocenters. The maximum atomic E-state index is 12.9. The summed E-state index contributed by atoms with van der Waals surface area (Å²) >= 11 is 1.96. The Hall–Kier alpha value is -1.11. The van der Waals surface area contributed by atoms with Crippen molar-refractivity contribution in [3.63, 3.8) is 0 Å². The van der Waals surface area contributed by atoms with Crippen LogP contribution in [0.4, 0.5) is 0 Å². The standard InChI is InChI=1S/C16H23N3O2S/c20-16(14-2-4-17-5-3-14)19-6-1-11-22-13-15(19)12-18-7-9-21-10-8-18/h2-5,15H,1,6-13H2. The smallest absolute Gasteiger partial charge is 0.254 e. The van der Waals surface area contributed by atoms with Crippen molar-refractivity contribution in [2.45, 2.75) is 12.5 Å². The van der Waals surface area contributed by atoms with Crippen molar-refractivity contribution in [3.05, 3.63) is 30.1 Å². The van der Waals surface area contributed by atoms with E-state index < -0.39 is 0 Å². The van der Waals surface area contributed by atoms with Gasteiger partial charge in [-0.1, -0.05) is 0 Å². The highest BCUT2D eigenvalue weighted by Crippen LogP contribution is 2.20. The largest absolute Gasteiger partial charge is 0.379 e. The van der Waals surface area contributed by atoms with Gasteiger partial charge in [0.05, 0.1) is 19.3 Å². The summed E-state index contributed by atoms with van der Waals surface area (Å²) in [5, 5.41) is 0. The molecule has 2 saturated heterocycles. The van der Waals surface area contributed by atoms with Gasteiger partial charge in [-0.15, -0.1) is 0 Å². The number of rotatable bonds is 3. The van der Waals surface area contributed by atoms with Crippen molar-refractivity contribution < 1.29 is 9.53 Å². The Bertz CT molecular complexity index is 480. The van der Waals surface area contributed by atoms with Crippen molar-refractivity contribution in [3.8, 4) is 0 Å². The van der Waals surface area contributed by atoms with Crippen LogP contribution in [0, 0.1) is 0 Å². The van der Waals surface area contributed by atoms with Gasteiger partial charge in [0.1, 0.15) is 0 Å². The molecular formula is C16H23N3O2S. The molecule has 2 fully saturated rings. The molecule has 5 nitrogen and oxygen atoms in total. The molecule has 3 rings (SSSR count). The minimum Gasteiger partial charge on any atom is -0.379 e. The Balaban J connectivity index is 1.71. The predicted octanol–water partition coefficient (Wildman–Crippen LogP) is 1.36. The van der Waals surface area contributed by atoms with E-state index in [0.29, 0.717) is 0 Å². The summed E-state index contributed by atoms with van der Waals surface area (Å²) in [6.07, 6.45) is 4.45. The molecule has 1 amide bonds. The molecule has 0 aliphatic carbocycles. The van der Waals surface area contributed by atoms with Gasteiger partial charge in [-0.25, -0.2) is 0 Å². The Kier molecular flexibility index (Phi) is 5.70. The number of pyridine rings is 1. The van der Waals surface area contributed by atoms with E-state index >= 15 is 0 Å². The summed E-state index contributed by atoms with van der Waals surface area (Å²) in [5.74, 6) is 2.30. The maximum Gasteiger partial charge on any atom is 0.254 e. The molecule has 0 radical (unpaired) electrons. The molecule has 0 aromatic carbocycles. The van der Waals surface area contributed by atoms with Crippen LogP contribution >= 0.6 is 11.8 Å². The molecule has 1 aromatic rings. The number of carbonyl (C=O) groups excluding carboxylic acids is 1. The molecule has 1 unspecified atom stereocenters. The second kappa shape index (κ2) is 7.94. The van der Waals surface area contributed by atoms with E-state index in [0.717, 1.165) is 62.9 Å². The normalized spacial score (nSPS) is 24.0. The summed E-state index contributed by atoms with van der Waals surface area (Å²) < 4.78 is 5.42. The first-order chi connectivity index (χ1) is 10.8. The van der Waals surface area contributed by atoms with Gasteiger partial charge in [0, 0.05) is 49.9 Å². The van der Waals surface area contributed by atoms with Crippen molar-refractivity contribution in [1.29, 1.82) is 0 Å². The average Bonchev–Trinajstić information content (AvgIpc) is 2.81. The van der Waals surface area contributed by atoms with Gasteiger partial charge >= 0.3 is 0 Å². The quantitative estimate of drug-likeness (QED) is 0.841. The zero-order valence-corrected chi connectivity index (χ0v) is 13.6. The van der Waals surface area contributed by atoms with E-state index in [2.05, 4.69) is 14.8 Å². The van der Waals surface area contributed by atoms with Crippen LogP contribution in [0.15, 0.2) is 24.5 Å². The molecule has 2 aliphatic heterocycles. The van der Waals surface area contributed by atoms with Gasteiger partial charge in [-0.2, -0.15) is 11.8 Å². The zero-order chi connectivity index (χ0) is 15.2. The van der Waals surface area contributed by atoms with Gasteiger partial charge in [0.2, 0.25) is 0 Å². The highest BCUT2D eigenvalue weighted by atomic mass is 32.2. The van der Waals surface area contributed by atoms with E-state index in [-0.39, 0.29) is 11.9 Å². The SMILES string of the molecule is O=C(c1ccncc1)N1CCCSCC1CN1CCOCC1.